The van der Waals surface area contributed by atoms with Gasteiger partial charge in [0.15, 0.2) is 0 Å². The molecule has 5 rings (SSSR count). The van der Waals surface area contributed by atoms with Crippen LogP contribution in [0.2, 0.25) is 0 Å². The Balaban J connectivity index is 0.000000994. The predicted molar refractivity (Wildman–Crippen MR) is 113 cm³/mol. The number of carbonyl (C=O) groups excluding carboxylic acids is 1. The van der Waals surface area contributed by atoms with E-state index >= 15 is 0 Å². The topological polar surface area (TPSA) is 63.4 Å². The van der Waals surface area contributed by atoms with E-state index in [0.29, 0.717) is 23.5 Å². The maximum absolute atomic E-state index is 12.9. The summed E-state index contributed by atoms with van der Waals surface area (Å²) >= 11 is 0. The molecule has 6 nitrogen and oxygen atoms in total. The van der Waals surface area contributed by atoms with Crippen molar-refractivity contribution in [3.63, 3.8) is 0 Å². The minimum absolute atomic E-state index is 0.0691. The van der Waals surface area contributed by atoms with Gasteiger partial charge >= 0.3 is 0 Å². The smallest absolute Gasteiger partial charge is 0.293 e. The van der Waals surface area contributed by atoms with Crippen LogP contribution in [-0.2, 0) is 6.42 Å². The molecular weight excluding hydrogens is 362 g/mol. The molecule has 3 heterocycles. The average Bonchev–Trinajstić information content (AvgIpc) is 3.47. The lowest BCUT2D eigenvalue weighted by atomic mass is 9.90. The fourth-order valence-electron chi connectivity index (χ4n) is 4.94. The monoisotopic (exact) mass is 391 g/mol. The Morgan fingerprint density at radius 3 is 2.52 bits per heavy atom. The third-order valence-electron chi connectivity index (χ3n) is 6.22. The van der Waals surface area contributed by atoms with E-state index < -0.39 is 0 Å². The molecule has 29 heavy (non-hydrogen) atoms. The zero-order valence-corrected chi connectivity index (χ0v) is 17.5. The zero-order chi connectivity index (χ0) is 20.4. The molecule has 1 saturated heterocycles. The molecule has 0 radical (unpaired) electrons. The first-order valence-electron chi connectivity index (χ1n) is 10.8. The minimum Gasteiger partial charge on any atom is -0.335 e. The summed E-state index contributed by atoms with van der Waals surface area (Å²) < 4.78 is 1.56. The molecule has 1 unspecified atom stereocenters. The van der Waals surface area contributed by atoms with Crippen molar-refractivity contribution in [1.29, 1.82) is 0 Å². The highest BCUT2D eigenvalue weighted by Crippen LogP contribution is 2.47. The van der Waals surface area contributed by atoms with Crippen LogP contribution in [-0.4, -0.2) is 43.5 Å². The van der Waals surface area contributed by atoms with E-state index in [1.807, 2.05) is 18.7 Å². The molecule has 1 aliphatic heterocycles. The lowest BCUT2D eigenvalue weighted by molar-refractivity contribution is 0.0768. The highest BCUT2D eigenvalue weighted by Gasteiger charge is 2.43. The van der Waals surface area contributed by atoms with Crippen LogP contribution >= 0.6 is 0 Å². The van der Waals surface area contributed by atoms with Gasteiger partial charge in [0, 0.05) is 25.5 Å². The number of likely N-dealkylation sites (tertiary alicyclic amines) is 1. The van der Waals surface area contributed by atoms with E-state index in [0.717, 1.165) is 19.5 Å². The number of nitrogens with zero attached hydrogens (tertiary/aromatic N) is 5. The van der Waals surface area contributed by atoms with Crippen molar-refractivity contribution in [1.82, 2.24) is 24.5 Å². The molecule has 0 N–H and O–H groups in total. The Morgan fingerprint density at radius 1 is 1.10 bits per heavy atom. The Labute approximate surface area is 172 Å². The maximum Gasteiger partial charge on any atom is 0.293 e. The molecule has 1 saturated carbocycles. The molecule has 6 heteroatoms. The molecule has 3 atom stereocenters. The van der Waals surface area contributed by atoms with Gasteiger partial charge in [0.25, 0.3) is 11.7 Å². The lowest BCUT2D eigenvalue weighted by Gasteiger charge is -2.19. The van der Waals surface area contributed by atoms with Gasteiger partial charge in [-0.25, -0.2) is 9.50 Å². The van der Waals surface area contributed by atoms with E-state index in [1.54, 1.807) is 23.0 Å². The van der Waals surface area contributed by atoms with Gasteiger partial charge in [-0.1, -0.05) is 45.0 Å². The van der Waals surface area contributed by atoms with E-state index in [-0.39, 0.29) is 11.7 Å². The quantitative estimate of drug-likeness (QED) is 0.677. The molecule has 0 spiro atoms. The third-order valence-corrected chi connectivity index (χ3v) is 6.22. The van der Waals surface area contributed by atoms with E-state index in [4.69, 9.17) is 0 Å². The molecule has 2 fully saturated rings. The molecule has 152 valence electrons. The second kappa shape index (κ2) is 8.31. The first kappa shape index (κ1) is 19.6. The average molecular weight is 392 g/mol. The number of benzene rings is 1. The summed E-state index contributed by atoms with van der Waals surface area (Å²) in [6.45, 7) is 7.86. The largest absolute Gasteiger partial charge is 0.335 e. The van der Waals surface area contributed by atoms with Gasteiger partial charge in [-0.05, 0) is 54.2 Å². The second-order valence-corrected chi connectivity index (χ2v) is 7.75. The summed E-state index contributed by atoms with van der Waals surface area (Å²) in [6, 6.07) is 10.6. The van der Waals surface area contributed by atoms with Crippen molar-refractivity contribution >= 4 is 11.7 Å². The number of hydrogen-bond donors (Lipinski definition) is 0. The first-order chi connectivity index (χ1) is 14.2. The van der Waals surface area contributed by atoms with Crippen molar-refractivity contribution in [2.24, 2.45) is 11.8 Å². The number of rotatable bonds is 3. The number of aryl methyl sites for hydroxylation is 1. The van der Waals surface area contributed by atoms with Gasteiger partial charge in [-0.15, -0.1) is 5.10 Å². The summed E-state index contributed by atoms with van der Waals surface area (Å²) in [5.74, 6) is 2.45. The van der Waals surface area contributed by atoms with Gasteiger partial charge in [-0.2, -0.15) is 4.98 Å². The Morgan fingerprint density at radius 2 is 1.83 bits per heavy atom. The molecule has 1 amide bonds. The molecule has 0 bridgehead atoms. The Kier molecular flexibility index (Phi) is 5.60. The van der Waals surface area contributed by atoms with Gasteiger partial charge in [0.1, 0.15) is 0 Å². The molecule has 2 aromatic heterocycles. The summed E-state index contributed by atoms with van der Waals surface area (Å²) in [7, 11) is 0. The summed E-state index contributed by atoms with van der Waals surface area (Å²) in [5, 5.41) is 4.29. The third kappa shape index (κ3) is 3.63. The highest BCUT2D eigenvalue weighted by atomic mass is 16.2. The van der Waals surface area contributed by atoms with Crippen molar-refractivity contribution in [3.05, 3.63) is 59.7 Å². The van der Waals surface area contributed by atoms with E-state index in [9.17, 15) is 4.79 Å². The maximum atomic E-state index is 12.9. The van der Waals surface area contributed by atoms with Crippen LogP contribution in [0.5, 0.6) is 0 Å². The van der Waals surface area contributed by atoms with Crippen LogP contribution in [0.4, 0.5) is 0 Å². The van der Waals surface area contributed by atoms with Gasteiger partial charge < -0.3 is 4.90 Å². The van der Waals surface area contributed by atoms with Gasteiger partial charge in [0.2, 0.25) is 5.82 Å². The van der Waals surface area contributed by atoms with Crippen molar-refractivity contribution in [2.45, 2.75) is 46.0 Å². The molecular formula is C23H29N5O. The van der Waals surface area contributed by atoms with Crippen LogP contribution in [0, 0.1) is 11.8 Å². The normalized spacial score (nSPS) is 23.0. The van der Waals surface area contributed by atoms with Gasteiger partial charge in [0.05, 0.1) is 0 Å². The van der Waals surface area contributed by atoms with Crippen molar-refractivity contribution < 1.29 is 4.79 Å². The second-order valence-electron chi connectivity index (χ2n) is 7.75. The number of amides is 1. The van der Waals surface area contributed by atoms with Crippen molar-refractivity contribution in [3.8, 4) is 0 Å². The molecule has 1 aliphatic carbocycles. The first-order valence-corrected chi connectivity index (χ1v) is 10.8. The van der Waals surface area contributed by atoms with Crippen molar-refractivity contribution in [2.75, 3.05) is 13.1 Å². The molecule has 1 aromatic carbocycles. The lowest BCUT2D eigenvalue weighted by Crippen LogP contribution is -2.30. The fourth-order valence-corrected chi connectivity index (χ4v) is 4.94. The van der Waals surface area contributed by atoms with Crippen LogP contribution in [0.25, 0.3) is 5.78 Å². The Hall–Kier alpha value is -2.76. The van der Waals surface area contributed by atoms with Crippen LogP contribution in [0.15, 0.2) is 42.7 Å². The number of fused-ring (bicyclic) bond motifs is 2. The summed E-state index contributed by atoms with van der Waals surface area (Å²) in [6.07, 6.45) is 6.85. The van der Waals surface area contributed by atoms with Crippen LogP contribution in [0.1, 0.15) is 61.3 Å². The highest BCUT2D eigenvalue weighted by molar-refractivity contribution is 5.91. The summed E-state index contributed by atoms with van der Waals surface area (Å²) in [5.41, 5.74) is 2.98. The fraction of sp³-hybridized carbons (Fsp3) is 0.478. The number of carbonyl (C=O) groups is 1. The summed E-state index contributed by atoms with van der Waals surface area (Å²) in [4.78, 5) is 23.2. The molecule has 2 aliphatic rings. The molecule has 3 aromatic rings. The SMILES string of the molecule is CC.CCc1ccccc1C1C[C@@H]2CN(C(=O)c3nc4ncccn4n3)C[C@@H]2C1. The van der Waals surface area contributed by atoms with Crippen LogP contribution in [0.3, 0.4) is 0 Å². The van der Waals surface area contributed by atoms with E-state index in [2.05, 4.69) is 46.3 Å². The van der Waals surface area contributed by atoms with E-state index in [1.165, 1.54) is 24.0 Å². The van der Waals surface area contributed by atoms with Gasteiger partial charge in [-0.3, -0.25) is 4.79 Å². The zero-order valence-electron chi connectivity index (χ0n) is 17.5. The number of aromatic nitrogens is 4. The predicted octanol–water partition coefficient (Wildman–Crippen LogP) is 3.98. The number of hydrogen-bond acceptors (Lipinski definition) is 4. The minimum atomic E-state index is -0.0691. The van der Waals surface area contributed by atoms with Crippen LogP contribution < -0.4 is 0 Å². The standard InChI is InChI=1S/C21H23N5O.C2H6/c1-2-14-6-3-4-7-18(14)15-10-16-12-25(13-17(16)11-15)20(27)19-23-21-22-8-5-9-26(21)24-19;1-2/h3-9,15-17H,2,10-13H2,1H3;1-2H3/t15?,16-,17+;. The Bertz CT molecular complexity index is 951.